The second-order valence-electron chi connectivity index (χ2n) is 7.00. The summed E-state index contributed by atoms with van der Waals surface area (Å²) in [5, 5.41) is 0. The number of benzene rings is 2. The minimum absolute atomic E-state index is 0.0269. The average Bonchev–Trinajstić information content (AvgIpc) is 3.21. The van der Waals surface area contributed by atoms with Crippen LogP contribution in [0.15, 0.2) is 42.5 Å². The van der Waals surface area contributed by atoms with E-state index < -0.39 is 15.8 Å². The van der Waals surface area contributed by atoms with Crippen molar-refractivity contribution in [3.05, 3.63) is 59.4 Å². The van der Waals surface area contributed by atoms with Gasteiger partial charge in [0.25, 0.3) is 5.91 Å². The zero-order valence-corrected chi connectivity index (χ0v) is 17.4. The van der Waals surface area contributed by atoms with Gasteiger partial charge in [0.2, 0.25) is 10.0 Å². The molecule has 6 nitrogen and oxygen atoms in total. The zero-order valence-electron chi connectivity index (χ0n) is 16.6. The maximum Gasteiger partial charge on any atom is 0.253 e. The average molecular weight is 421 g/mol. The molecule has 0 aromatic heterocycles. The summed E-state index contributed by atoms with van der Waals surface area (Å²) in [7, 11) is -3.65. The Labute approximate surface area is 170 Å². The number of ether oxygens (including phenoxy) is 1. The second-order valence-corrected chi connectivity index (χ2v) is 8.91. The first kappa shape index (κ1) is 21.1. The highest BCUT2D eigenvalue weighted by Crippen LogP contribution is 2.28. The molecule has 1 saturated heterocycles. The molecule has 3 rings (SSSR count). The van der Waals surface area contributed by atoms with Crippen LogP contribution in [0.4, 0.5) is 10.1 Å². The highest BCUT2D eigenvalue weighted by Gasteiger charge is 2.23. The Bertz CT molecular complexity index is 971. The number of anilines is 1. The van der Waals surface area contributed by atoms with Crippen molar-refractivity contribution in [2.75, 3.05) is 30.3 Å². The van der Waals surface area contributed by atoms with Crippen LogP contribution in [-0.4, -0.2) is 45.2 Å². The molecule has 1 amide bonds. The first-order chi connectivity index (χ1) is 13.8. The summed E-state index contributed by atoms with van der Waals surface area (Å²) in [6, 6.07) is 10.3. The Morgan fingerprint density at radius 1 is 1.14 bits per heavy atom. The molecule has 0 bridgehead atoms. The van der Waals surface area contributed by atoms with Gasteiger partial charge in [0, 0.05) is 24.2 Å². The zero-order chi connectivity index (χ0) is 21.0. The summed E-state index contributed by atoms with van der Waals surface area (Å²) in [6.07, 6.45) is 3.07. The molecule has 0 aliphatic carbocycles. The van der Waals surface area contributed by atoms with E-state index in [9.17, 15) is 17.6 Å². The van der Waals surface area contributed by atoms with E-state index in [4.69, 9.17) is 4.74 Å². The fourth-order valence-corrected chi connectivity index (χ4v) is 4.28. The first-order valence-corrected chi connectivity index (χ1v) is 11.4. The summed E-state index contributed by atoms with van der Waals surface area (Å²) >= 11 is 0. The van der Waals surface area contributed by atoms with E-state index in [0.29, 0.717) is 29.2 Å². The van der Waals surface area contributed by atoms with Crippen molar-refractivity contribution in [3.8, 4) is 5.75 Å². The Kier molecular flexibility index (Phi) is 6.42. The number of carbonyl (C=O) groups is 1. The SMILES string of the molecule is CCOc1ccc(C(=O)N2CCCC2)cc1CN(c1ccc(F)cc1)S(C)(=O)=O. The quantitative estimate of drug-likeness (QED) is 0.688. The molecule has 1 fully saturated rings. The molecule has 0 unspecified atom stereocenters. The van der Waals surface area contributed by atoms with Gasteiger partial charge in [-0.05, 0) is 62.2 Å². The minimum atomic E-state index is -3.65. The monoisotopic (exact) mass is 420 g/mol. The topological polar surface area (TPSA) is 66.9 Å². The van der Waals surface area contributed by atoms with Gasteiger partial charge in [0.05, 0.1) is 25.1 Å². The van der Waals surface area contributed by atoms with Crippen LogP contribution in [0, 0.1) is 5.82 Å². The number of hydrogen-bond acceptors (Lipinski definition) is 4. The molecular formula is C21H25FN2O4S. The number of halogens is 1. The fourth-order valence-electron chi connectivity index (χ4n) is 3.40. The highest BCUT2D eigenvalue weighted by atomic mass is 32.2. The number of sulfonamides is 1. The lowest BCUT2D eigenvalue weighted by atomic mass is 10.1. The minimum Gasteiger partial charge on any atom is -0.494 e. The van der Waals surface area contributed by atoms with Gasteiger partial charge in [-0.1, -0.05) is 0 Å². The molecule has 1 aliphatic heterocycles. The van der Waals surface area contributed by atoms with Crippen LogP contribution >= 0.6 is 0 Å². The smallest absolute Gasteiger partial charge is 0.253 e. The standard InChI is InChI=1S/C21H25FN2O4S/c1-3-28-20-11-6-16(21(25)23-12-4-5-13-23)14-17(20)15-24(29(2,26)27)19-9-7-18(22)8-10-19/h6-11,14H,3-5,12-13,15H2,1-2H3. The van der Waals surface area contributed by atoms with Crippen molar-refractivity contribution < 1.29 is 22.3 Å². The van der Waals surface area contributed by atoms with Gasteiger partial charge in [0.1, 0.15) is 11.6 Å². The fraction of sp³-hybridized carbons (Fsp3) is 0.381. The van der Waals surface area contributed by atoms with Crippen molar-refractivity contribution in [1.82, 2.24) is 4.90 Å². The lowest BCUT2D eigenvalue weighted by Gasteiger charge is -2.24. The molecule has 156 valence electrons. The maximum atomic E-state index is 13.3. The Morgan fingerprint density at radius 3 is 2.38 bits per heavy atom. The van der Waals surface area contributed by atoms with Gasteiger partial charge in [-0.25, -0.2) is 12.8 Å². The van der Waals surface area contributed by atoms with E-state index in [0.717, 1.165) is 32.2 Å². The van der Waals surface area contributed by atoms with Gasteiger partial charge in [-0.2, -0.15) is 0 Å². The highest BCUT2D eigenvalue weighted by molar-refractivity contribution is 7.92. The second kappa shape index (κ2) is 8.82. The van der Waals surface area contributed by atoms with Gasteiger partial charge in [-0.3, -0.25) is 9.10 Å². The predicted molar refractivity (Wildman–Crippen MR) is 110 cm³/mol. The van der Waals surface area contributed by atoms with Crippen LogP contribution < -0.4 is 9.04 Å². The number of nitrogens with zero attached hydrogens (tertiary/aromatic N) is 2. The molecular weight excluding hydrogens is 395 g/mol. The van der Waals surface area contributed by atoms with Crippen molar-refractivity contribution in [1.29, 1.82) is 0 Å². The molecule has 2 aromatic carbocycles. The van der Waals surface area contributed by atoms with Crippen LogP contribution in [0.5, 0.6) is 5.75 Å². The van der Waals surface area contributed by atoms with Crippen molar-refractivity contribution >= 4 is 21.6 Å². The molecule has 2 aromatic rings. The van der Waals surface area contributed by atoms with E-state index >= 15 is 0 Å². The summed E-state index contributed by atoms with van der Waals surface area (Å²) in [6.45, 7) is 3.67. The summed E-state index contributed by atoms with van der Waals surface area (Å²) in [4.78, 5) is 14.6. The first-order valence-electron chi connectivity index (χ1n) is 9.58. The largest absolute Gasteiger partial charge is 0.494 e. The number of rotatable bonds is 7. The lowest BCUT2D eigenvalue weighted by Crippen LogP contribution is -2.30. The third-order valence-electron chi connectivity index (χ3n) is 4.83. The van der Waals surface area contributed by atoms with E-state index in [1.54, 1.807) is 23.1 Å². The van der Waals surface area contributed by atoms with Crippen LogP contribution in [0.25, 0.3) is 0 Å². The Balaban J connectivity index is 1.98. The van der Waals surface area contributed by atoms with Crippen molar-refractivity contribution in [2.24, 2.45) is 0 Å². The summed E-state index contributed by atoms with van der Waals surface area (Å²) < 4.78 is 45.0. The number of hydrogen-bond donors (Lipinski definition) is 0. The predicted octanol–water partition coefficient (Wildman–Crippen LogP) is 3.43. The van der Waals surface area contributed by atoms with Gasteiger partial charge >= 0.3 is 0 Å². The summed E-state index contributed by atoms with van der Waals surface area (Å²) in [5.41, 5.74) is 1.41. The van der Waals surface area contributed by atoms with E-state index in [-0.39, 0.29) is 12.5 Å². The van der Waals surface area contributed by atoms with Gasteiger partial charge in [-0.15, -0.1) is 0 Å². The van der Waals surface area contributed by atoms with Crippen molar-refractivity contribution in [2.45, 2.75) is 26.3 Å². The lowest BCUT2D eigenvalue weighted by molar-refractivity contribution is 0.0792. The Hall–Kier alpha value is -2.61. The molecule has 0 N–H and O–H groups in total. The molecule has 0 radical (unpaired) electrons. The molecule has 0 spiro atoms. The maximum absolute atomic E-state index is 13.3. The Morgan fingerprint density at radius 2 is 1.79 bits per heavy atom. The molecule has 0 atom stereocenters. The summed E-state index contributed by atoms with van der Waals surface area (Å²) in [5.74, 6) is -0.00358. The third kappa shape index (κ3) is 5.06. The molecule has 1 heterocycles. The molecule has 0 saturated carbocycles. The van der Waals surface area contributed by atoms with E-state index in [2.05, 4.69) is 0 Å². The molecule has 1 aliphatic rings. The van der Waals surface area contributed by atoms with Gasteiger partial charge < -0.3 is 9.64 Å². The van der Waals surface area contributed by atoms with Crippen LogP contribution in [0.1, 0.15) is 35.7 Å². The molecule has 29 heavy (non-hydrogen) atoms. The normalized spacial score (nSPS) is 14.1. The van der Waals surface area contributed by atoms with Crippen LogP contribution in [-0.2, 0) is 16.6 Å². The number of carbonyl (C=O) groups excluding carboxylic acids is 1. The number of likely N-dealkylation sites (tertiary alicyclic amines) is 1. The van der Waals surface area contributed by atoms with Crippen LogP contribution in [0.2, 0.25) is 0 Å². The van der Waals surface area contributed by atoms with Crippen molar-refractivity contribution in [3.63, 3.8) is 0 Å². The van der Waals surface area contributed by atoms with Crippen LogP contribution in [0.3, 0.4) is 0 Å². The van der Waals surface area contributed by atoms with Gasteiger partial charge in [0.15, 0.2) is 0 Å². The number of amides is 1. The molecule has 8 heteroatoms. The van der Waals surface area contributed by atoms with E-state index in [1.807, 2.05) is 6.92 Å². The van der Waals surface area contributed by atoms with E-state index in [1.165, 1.54) is 28.6 Å². The third-order valence-corrected chi connectivity index (χ3v) is 5.97.